The molecule has 1 heterocycles. The number of hydrogen-bond donors (Lipinski definition) is 1. The predicted molar refractivity (Wildman–Crippen MR) is 85.8 cm³/mol. The van der Waals surface area contributed by atoms with Crippen molar-refractivity contribution in [2.24, 2.45) is 5.92 Å². The van der Waals surface area contributed by atoms with Gasteiger partial charge in [0.1, 0.15) is 0 Å². The van der Waals surface area contributed by atoms with Gasteiger partial charge in [0.05, 0.1) is 5.92 Å². The molecular formula is C16H24N2OS. The molecule has 0 saturated carbocycles. The van der Waals surface area contributed by atoms with Gasteiger partial charge in [-0.15, -0.1) is 0 Å². The lowest BCUT2D eigenvalue weighted by Gasteiger charge is -2.28. The van der Waals surface area contributed by atoms with Crippen molar-refractivity contribution < 1.29 is 4.79 Å². The van der Waals surface area contributed by atoms with Crippen LogP contribution in [0.25, 0.3) is 0 Å². The number of carbonyl (C=O) groups is 1. The fraction of sp³-hybridized carbons (Fsp3) is 0.562. The molecule has 20 heavy (non-hydrogen) atoms. The third kappa shape index (κ3) is 5.17. The average molecular weight is 292 g/mol. The summed E-state index contributed by atoms with van der Waals surface area (Å²) in [7, 11) is 2.09. The molecule has 0 spiro atoms. The summed E-state index contributed by atoms with van der Waals surface area (Å²) in [5, 5.41) is 3.07. The van der Waals surface area contributed by atoms with Gasteiger partial charge in [0.25, 0.3) is 0 Å². The maximum Gasteiger partial charge on any atom is 0.224 e. The monoisotopic (exact) mass is 292 g/mol. The van der Waals surface area contributed by atoms with Crippen LogP contribution in [-0.2, 0) is 10.5 Å². The minimum Gasteiger partial charge on any atom is -0.355 e. The number of hydrogen-bond acceptors (Lipinski definition) is 3. The zero-order chi connectivity index (χ0) is 14.2. The van der Waals surface area contributed by atoms with E-state index in [1.54, 1.807) is 0 Å². The Morgan fingerprint density at radius 2 is 2.20 bits per heavy atom. The summed E-state index contributed by atoms with van der Waals surface area (Å²) >= 11 is 1.87. The molecule has 1 atom stereocenters. The third-order valence-electron chi connectivity index (χ3n) is 3.65. The Labute approximate surface area is 126 Å². The molecule has 0 bridgehead atoms. The second-order valence-corrected chi connectivity index (χ2v) is 6.54. The fourth-order valence-electron chi connectivity index (χ4n) is 2.54. The van der Waals surface area contributed by atoms with Crippen molar-refractivity contribution in [2.45, 2.75) is 18.6 Å². The second-order valence-electron chi connectivity index (χ2n) is 5.43. The number of likely N-dealkylation sites (tertiary alicyclic amines) is 1. The van der Waals surface area contributed by atoms with Crippen LogP contribution in [0.15, 0.2) is 30.3 Å². The van der Waals surface area contributed by atoms with Crippen LogP contribution in [0, 0.1) is 5.92 Å². The summed E-state index contributed by atoms with van der Waals surface area (Å²) in [5.74, 6) is 2.41. The standard InChI is InChI=1S/C16H24N2OS/c1-18-10-5-8-15(12-18)16(19)17-9-11-20-13-14-6-3-2-4-7-14/h2-4,6-7,15H,5,8-13H2,1H3,(H,17,19)/t15-/m0/s1. The van der Waals surface area contributed by atoms with Crippen LogP contribution in [0.4, 0.5) is 0 Å². The lowest BCUT2D eigenvalue weighted by Crippen LogP contribution is -2.41. The highest BCUT2D eigenvalue weighted by Gasteiger charge is 2.23. The lowest BCUT2D eigenvalue weighted by atomic mass is 9.98. The van der Waals surface area contributed by atoms with Crippen molar-refractivity contribution in [1.29, 1.82) is 0 Å². The van der Waals surface area contributed by atoms with Crippen molar-refractivity contribution in [3.8, 4) is 0 Å². The average Bonchev–Trinajstić information content (AvgIpc) is 2.48. The van der Waals surface area contributed by atoms with Crippen LogP contribution in [-0.4, -0.2) is 43.2 Å². The molecule has 3 nitrogen and oxygen atoms in total. The maximum atomic E-state index is 12.0. The number of benzene rings is 1. The summed E-state index contributed by atoms with van der Waals surface area (Å²) < 4.78 is 0. The number of nitrogens with one attached hydrogen (secondary N) is 1. The van der Waals surface area contributed by atoms with Crippen LogP contribution in [0.1, 0.15) is 18.4 Å². The molecule has 1 fully saturated rings. The van der Waals surface area contributed by atoms with Gasteiger partial charge in [0.15, 0.2) is 0 Å². The molecule has 1 aromatic rings. The molecule has 1 N–H and O–H groups in total. The quantitative estimate of drug-likeness (QED) is 0.817. The number of rotatable bonds is 6. The molecule has 0 radical (unpaired) electrons. The highest BCUT2D eigenvalue weighted by molar-refractivity contribution is 7.98. The Bertz CT molecular complexity index is 410. The van der Waals surface area contributed by atoms with E-state index in [9.17, 15) is 4.79 Å². The Morgan fingerprint density at radius 1 is 1.40 bits per heavy atom. The van der Waals surface area contributed by atoms with E-state index in [-0.39, 0.29) is 11.8 Å². The van der Waals surface area contributed by atoms with Gasteiger partial charge in [-0.25, -0.2) is 0 Å². The van der Waals surface area contributed by atoms with Crippen molar-refractivity contribution in [2.75, 3.05) is 32.4 Å². The first-order valence-electron chi connectivity index (χ1n) is 7.33. The highest BCUT2D eigenvalue weighted by Crippen LogP contribution is 2.15. The Balaban J connectivity index is 1.57. The van der Waals surface area contributed by atoms with Crippen LogP contribution >= 0.6 is 11.8 Å². The first kappa shape index (κ1) is 15.4. The van der Waals surface area contributed by atoms with Gasteiger partial charge in [0.2, 0.25) is 5.91 Å². The molecule has 0 aliphatic carbocycles. The van der Waals surface area contributed by atoms with E-state index in [4.69, 9.17) is 0 Å². The largest absolute Gasteiger partial charge is 0.355 e. The predicted octanol–water partition coefficient (Wildman–Crippen LogP) is 2.38. The maximum absolute atomic E-state index is 12.0. The van der Waals surface area contributed by atoms with E-state index in [2.05, 4.69) is 41.5 Å². The number of thioether (sulfide) groups is 1. The highest BCUT2D eigenvalue weighted by atomic mass is 32.2. The molecule has 1 aliphatic heterocycles. The molecule has 1 aliphatic rings. The molecule has 110 valence electrons. The Kier molecular flexibility index (Phi) is 6.40. The van der Waals surface area contributed by atoms with E-state index in [1.165, 1.54) is 5.56 Å². The molecular weight excluding hydrogens is 268 g/mol. The van der Waals surface area contributed by atoms with E-state index >= 15 is 0 Å². The number of amides is 1. The minimum atomic E-state index is 0.188. The summed E-state index contributed by atoms with van der Waals surface area (Å²) in [5.41, 5.74) is 1.35. The van der Waals surface area contributed by atoms with Gasteiger partial charge in [-0.1, -0.05) is 30.3 Å². The first-order chi connectivity index (χ1) is 9.75. The van der Waals surface area contributed by atoms with Gasteiger partial charge in [-0.05, 0) is 32.0 Å². The molecule has 0 aromatic heterocycles. The van der Waals surface area contributed by atoms with Gasteiger partial charge < -0.3 is 10.2 Å². The van der Waals surface area contributed by atoms with Crippen LogP contribution in [0.3, 0.4) is 0 Å². The summed E-state index contributed by atoms with van der Waals surface area (Å²) in [6.45, 7) is 2.80. The lowest BCUT2D eigenvalue weighted by molar-refractivity contribution is -0.126. The molecule has 2 rings (SSSR count). The molecule has 1 saturated heterocycles. The topological polar surface area (TPSA) is 32.3 Å². The fourth-order valence-corrected chi connectivity index (χ4v) is 3.35. The molecule has 4 heteroatoms. The number of nitrogens with zero attached hydrogens (tertiary/aromatic N) is 1. The first-order valence-corrected chi connectivity index (χ1v) is 8.49. The Morgan fingerprint density at radius 3 is 2.95 bits per heavy atom. The van der Waals surface area contributed by atoms with Gasteiger partial charge in [0, 0.05) is 24.6 Å². The van der Waals surface area contributed by atoms with Crippen LogP contribution in [0.5, 0.6) is 0 Å². The van der Waals surface area contributed by atoms with Gasteiger partial charge in [-0.2, -0.15) is 11.8 Å². The smallest absolute Gasteiger partial charge is 0.224 e. The summed E-state index contributed by atoms with van der Waals surface area (Å²) in [4.78, 5) is 14.3. The summed E-state index contributed by atoms with van der Waals surface area (Å²) in [6, 6.07) is 10.5. The minimum absolute atomic E-state index is 0.188. The zero-order valence-electron chi connectivity index (χ0n) is 12.2. The van der Waals surface area contributed by atoms with E-state index in [0.29, 0.717) is 0 Å². The van der Waals surface area contributed by atoms with Crippen molar-refractivity contribution in [1.82, 2.24) is 10.2 Å². The Hall–Kier alpha value is -1.00. The van der Waals surface area contributed by atoms with E-state index in [0.717, 1.165) is 44.0 Å². The van der Waals surface area contributed by atoms with Crippen molar-refractivity contribution in [3.05, 3.63) is 35.9 Å². The third-order valence-corrected chi connectivity index (χ3v) is 4.68. The van der Waals surface area contributed by atoms with Crippen LogP contribution < -0.4 is 5.32 Å². The normalized spacial score (nSPS) is 19.8. The molecule has 1 aromatic carbocycles. The van der Waals surface area contributed by atoms with E-state index in [1.807, 2.05) is 17.8 Å². The molecule has 0 unspecified atom stereocenters. The second kappa shape index (κ2) is 8.32. The number of piperidine rings is 1. The number of carbonyl (C=O) groups excluding carboxylic acids is 1. The van der Waals surface area contributed by atoms with Gasteiger partial charge >= 0.3 is 0 Å². The SMILES string of the molecule is CN1CCC[C@H](C(=O)NCCSCc2ccccc2)C1. The summed E-state index contributed by atoms with van der Waals surface area (Å²) in [6.07, 6.45) is 2.17. The van der Waals surface area contributed by atoms with Crippen LogP contribution in [0.2, 0.25) is 0 Å². The van der Waals surface area contributed by atoms with Crippen molar-refractivity contribution in [3.63, 3.8) is 0 Å². The van der Waals surface area contributed by atoms with E-state index < -0.39 is 0 Å². The van der Waals surface area contributed by atoms with Crippen molar-refractivity contribution >= 4 is 17.7 Å². The van der Waals surface area contributed by atoms with Gasteiger partial charge in [-0.3, -0.25) is 4.79 Å². The molecule has 1 amide bonds. The zero-order valence-corrected chi connectivity index (χ0v) is 13.0.